The molecule has 2 saturated heterocycles. The third-order valence-electron chi connectivity index (χ3n) is 8.02. The van der Waals surface area contributed by atoms with E-state index in [1.165, 1.54) is 19.3 Å². The van der Waals surface area contributed by atoms with Gasteiger partial charge in [0.1, 0.15) is 0 Å². The van der Waals surface area contributed by atoms with Crippen molar-refractivity contribution >= 4 is 24.2 Å². The van der Waals surface area contributed by atoms with E-state index in [2.05, 4.69) is 15.9 Å². The molecule has 0 spiro atoms. The van der Waals surface area contributed by atoms with Gasteiger partial charge in [-0.05, 0) is 73.1 Å². The first-order chi connectivity index (χ1) is 15.7. The second-order valence-electron chi connectivity index (χ2n) is 9.90. The van der Waals surface area contributed by atoms with Crippen molar-refractivity contribution in [1.29, 1.82) is 0 Å². The van der Waals surface area contributed by atoms with Crippen LogP contribution in [0.4, 0.5) is 0 Å². The molecule has 1 saturated carbocycles. The Morgan fingerprint density at radius 2 is 1.55 bits per heavy atom. The fourth-order valence-corrected chi connectivity index (χ4v) is 5.83. The number of carbonyl (C=O) groups excluding carboxylic acids is 2. The first-order valence-electron chi connectivity index (χ1n) is 12.2. The first kappa shape index (κ1) is 22.4. The summed E-state index contributed by atoms with van der Waals surface area (Å²) in [6.45, 7) is 4.62. The van der Waals surface area contributed by atoms with Crippen molar-refractivity contribution in [3.63, 3.8) is 0 Å². The van der Waals surface area contributed by atoms with Crippen LogP contribution < -0.4 is 0 Å². The van der Waals surface area contributed by atoms with E-state index in [-0.39, 0.29) is 24.2 Å². The molecule has 3 heterocycles. The molecule has 0 unspecified atom stereocenters. The number of carbonyl (C=O) groups is 2. The molecule has 33 heavy (non-hydrogen) atoms. The molecular weight excluding hydrogens is 434 g/mol. The summed E-state index contributed by atoms with van der Waals surface area (Å²) in [6.07, 6.45) is 7.31. The number of benzene rings is 2. The molecule has 5 nitrogen and oxygen atoms in total. The van der Waals surface area contributed by atoms with E-state index >= 15 is 0 Å². The van der Waals surface area contributed by atoms with Crippen LogP contribution in [0.2, 0.25) is 0 Å². The van der Waals surface area contributed by atoms with Gasteiger partial charge in [0.2, 0.25) is 0 Å². The van der Waals surface area contributed by atoms with Gasteiger partial charge in [0.05, 0.1) is 0 Å². The zero-order chi connectivity index (χ0) is 21.7. The van der Waals surface area contributed by atoms with E-state index in [0.717, 1.165) is 85.8 Å². The number of nitrogens with zero attached hydrogens (tertiary/aromatic N) is 3. The van der Waals surface area contributed by atoms with E-state index in [1.807, 2.05) is 41.3 Å². The molecule has 3 fully saturated rings. The quantitative estimate of drug-likeness (QED) is 0.663. The summed E-state index contributed by atoms with van der Waals surface area (Å²) in [7, 11) is 0. The van der Waals surface area contributed by atoms with E-state index in [9.17, 15) is 9.59 Å². The number of hydrogen-bond donors (Lipinski definition) is 0. The van der Waals surface area contributed by atoms with Gasteiger partial charge < -0.3 is 9.80 Å². The lowest BCUT2D eigenvalue weighted by Crippen LogP contribution is -2.42. The molecule has 0 N–H and O–H groups in total. The lowest BCUT2D eigenvalue weighted by Gasteiger charge is -2.35. The first-order valence-corrected chi connectivity index (χ1v) is 12.2. The van der Waals surface area contributed by atoms with Crippen molar-refractivity contribution in [1.82, 2.24) is 14.7 Å². The molecule has 0 aromatic heterocycles. The molecule has 3 aliphatic heterocycles. The minimum atomic E-state index is 0. The largest absolute Gasteiger partial charge is 0.339 e. The second kappa shape index (κ2) is 9.11. The van der Waals surface area contributed by atoms with Crippen LogP contribution >= 0.6 is 12.4 Å². The molecule has 0 bridgehead atoms. The summed E-state index contributed by atoms with van der Waals surface area (Å²) < 4.78 is 0. The summed E-state index contributed by atoms with van der Waals surface area (Å²) in [5, 5.41) is 0. The van der Waals surface area contributed by atoms with Crippen LogP contribution in [0.3, 0.4) is 0 Å². The highest BCUT2D eigenvalue weighted by atomic mass is 35.5. The van der Waals surface area contributed by atoms with Crippen LogP contribution in [0, 0.1) is 0 Å². The summed E-state index contributed by atoms with van der Waals surface area (Å²) >= 11 is 0. The van der Waals surface area contributed by atoms with Gasteiger partial charge in [0.15, 0.2) is 0 Å². The average molecular weight is 466 g/mol. The highest BCUT2D eigenvalue weighted by Gasteiger charge is 2.39. The van der Waals surface area contributed by atoms with Crippen LogP contribution in [-0.2, 0) is 6.54 Å². The lowest BCUT2D eigenvalue weighted by molar-refractivity contribution is 0.0689. The Hall–Kier alpha value is -2.37. The molecule has 2 aromatic carbocycles. The van der Waals surface area contributed by atoms with Gasteiger partial charge >= 0.3 is 0 Å². The fraction of sp³-hybridized carbons (Fsp3) is 0.481. The molecule has 174 valence electrons. The zero-order valence-corrected chi connectivity index (χ0v) is 19.9. The standard InChI is InChI=1S/C27H31N3O2.ClH/c31-26(28-13-1-2-14-28)20-8-6-19(7-9-20)21-10-11-25-22(16-21)17-30(27(25)32)24-12-15-29(18-24)23-4-3-5-23;/h6-11,16,23-24H,1-5,12-15,17-18H2;1H/t24-;/m1./s1. The van der Waals surface area contributed by atoms with Gasteiger partial charge in [-0.15, -0.1) is 12.4 Å². The maximum absolute atomic E-state index is 13.1. The summed E-state index contributed by atoms with van der Waals surface area (Å²) in [6, 6.07) is 15.3. The van der Waals surface area contributed by atoms with Crippen molar-refractivity contribution in [3.05, 3.63) is 59.2 Å². The Morgan fingerprint density at radius 1 is 0.818 bits per heavy atom. The van der Waals surface area contributed by atoms with Crippen LogP contribution in [0.25, 0.3) is 11.1 Å². The fourth-order valence-electron chi connectivity index (χ4n) is 5.83. The zero-order valence-electron chi connectivity index (χ0n) is 19.0. The van der Waals surface area contributed by atoms with Gasteiger partial charge in [0.25, 0.3) is 11.8 Å². The van der Waals surface area contributed by atoms with Crippen molar-refractivity contribution in [2.24, 2.45) is 0 Å². The maximum atomic E-state index is 13.1. The molecule has 6 rings (SSSR count). The van der Waals surface area contributed by atoms with Gasteiger partial charge in [-0.3, -0.25) is 14.5 Å². The Bertz CT molecular complexity index is 1040. The van der Waals surface area contributed by atoms with Crippen molar-refractivity contribution < 1.29 is 9.59 Å². The molecule has 1 atom stereocenters. The molecule has 4 aliphatic rings. The van der Waals surface area contributed by atoms with Gasteiger partial charge in [-0.1, -0.05) is 24.6 Å². The highest BCUT2D eigenvalue weighted by molar-refractivity contribution is 5.99. The molecule has 0 radical (unpaired) electrons. The lowest BCUT2D eigenvalue weighted by atomic mass is 9.92. The number of amides is 2. The monoisotopic (exact) mass is 465 g/mol. The van der Waals surface area contributed by atoms with E-state index in [0.29, 0.717) is 6.04 Å². The predicted molar refractivity (Wildman–Crippen MR) is 132 cm³/mol. The summed E-state index contributed by atoms with van der Waals surface area (Å²) in [5.74, 6) is 0.329. The predicted octanol–water partition coefficient (Wildman–Crippen LogP) is 4.59. The maximum Gasteiger partial charge on any atom is 0.254 e. The SMILES string of the molecule is Cl.O=C(c1ccc(-c2ccc3c(c2)CN([C@@H]2CCN(C4CCC4)C2)C3=O)cc1)N1CCCC1. The smallest absolute Gasteiger partial charge is 0.254 e. The highest BCUT2D eigenvalue weighted by Crippen LogP contribution is 2.34. The third-order valence-corrected chi connectivity index (χ3v) is 8.02. The molecular formula is C27H32ClN3O2. The van der Waals surface area contributed by atoms with Crippen LogP contribution in [-0.4, -0.2) is 64.8 Å². The molecule has 2 aromatic rings. The normalized spacial score (nSPS) is 22.9. The minimum absolute atomic E-state index is 0. The van der Waals surface area contributed by atoms with Gasteiger partial charge in [-0.2, -0.15) is 0 Å². The van der Waals surface area contributed by atoms with Crippen LogP contribution in [0.15, 0.2) is 42.5 Å². The van der Waals surface area contributed by atoms with Crippen molar-refractivity contribution in [3.8, 4) is 11.1 Å². The summed E-state index contributed by atoms with van der Waals surface area (Å²) in [4.78, 5) is 32.4. The van der Waals surface area contributed by atoms with Gasteiger partial charge in [-0.25, -0.2) is 0 Å². The number of rotatable bonds is 4. The minimum Gasteiger partial charge on any atom is -0.339 e. The average Bonchev–Trinajstić information content (AvgIpc) is 3.53. The Balaban J connectivity index is 0.00000228. The Labute approximate surface area is 202 Å². The topological polar surface area (TPSA) is 43.9 Å². The number of likely N-dealkylation sites (tertiary alicyclic amines) is 2. The summed E-state index contributed by atoms with van der Waals surface area (Å²) in [5.41, 5.74) is 4.95. The van der Waals surface area contributed by atoms with E-state index in [4.69, 9.17) is 0 Å². The van der Waals surface area contributed by atoms with Crippen LogP contribution in [0.1, 0.15) is 64.8 Å². The van der Waals surface area contributed by atoms with E-state index < -0.39 is 0 Å². The number of fused-ring (bicyclic) bond motifs is 1. The molecule has 6 heteroatoms. The number of hydrogen-bond acceptors (Lipinski definition) is 3. The Kier molecular flexibility index (Phi) is 6.19. The third kappa shape index (κ3) is 4.06. The Morgan fingerprint density at radius 3 is 2.24 bits per heavy atom. The van der Waals surface area contributed by atoms with Crippen molar-refractivity contribution in [2.45, 2.75) is 57.2 Å². The van der Waals surface area contributed by atoms with Crippen LogP contribution in [0.5, 0.6) is 0 Å². The van der Waals surface area contributed by atoms with Gasteiger partial charge in [0, 0.05) is 55.9 Å². The second-order valence-corrected chi connectivity index (χ2v) is 9.90. The molecule has 1 aliphatic carbocycles. The van der Waals surface area contributed by atoms with E-state index in [1.54, 1.807) is 0 Å². The molecule has 2 amide bonds. The number of halogens is 1. The van der Waals surface area contributed by atoms with Crippen molar-refractivity contribution in [2.75, 3.05) is 26.2 Å².